The van der Waals surface area contributed by atoms with Crippen LogP contribution in [0.25, 0.3) is 0 Å². The number of aryl methyl sites for hydroxylation is 1. The molecule has 0 aliphatic rings. The van der Waals surface area contributed by atoms with E-state index in [1.807, 2.05) is 6.92 Å². The summed E-state index contributed by atoms with van der Waals surface area (Å²) in [5.74, 6) is -1.43. The molecule has 0 aliphatic heterocycles. The molecule has 2 aromatic rings. The molecule has 6 nitrogen and oxygen atoms in total. The Kier molecular flexibility index (Phi) is 4.27. The van der Waals surface area contributed by atoms with Crippen LogP contribution in [0.1, 0.15) is 20.2 Å². The molecule has 1 aromatic carbocycles. The molecule has 0 radical (unpaired) electrons. The van der Waals surface area contributed by atoms with Crippen molar-refractivity contribution in [3.05, 3.63) is 55.8 Å². The Hall–Kier alpha value is -2.35. The van der Waals surface area contributed by atoms with E-state index in [4.69, 9.17) is 0 Å². The number of aromatic nitrogens is 1. The van der Waals surface area contributed by atoms with Gasteiger partial charge in [0.15, 0.2) is 0 Å². The molecular weight excluding hydrogens is 297 g/mol. The van der Waals surface area contributed by atoms with Crippen molar-refractivity contribution < 1.29 is 14.1 Å². The first-order valence-electron chi connectivity index (χ1n) is 5.99. The number of nitro groups is 1. The number of carbonyl (C=O) groups is 1. The Labute approximate surface area is 124 Å². The molecule has 0 bridgehead atoms. The minimum absolute atomic E-state index is 0.0711. The Bertz CT molecular complexity index is 702. The summed E-state index contributed by atoms with van der Waals surface area (Å²) in [4.78, 5) is 28.3. The maximum Gasteiger partial charge on any atom is 0.304 e. The zero-order valence-electron chi connectivity index (χ0n) is 11.4. The number of halogens is 1. The second kappa shape index (κ2) is 5.96. The normalized spacial score (nSPS) is 10.4. The van der Waals surface area contributed by atoms with E-state index in [9.17, 15) is 19.3 Å². The van der Waals surface area contributed by atoms with E-state index in [0.29, 0.717) is 6.54 Å². The molecule has 8 heteroatoms. The van der Waals surface area contributed by atoms with Gasteiger partial charge < -0.3 is 4.90 Å². The molecular formula is C13H12FN3O3S. The van der Waals surface area contributed by atoms with Gasteiger partial charge in [0.1, 0.15) is 0 Å². The van der Waals surface area contributed by atoms with E-state index in [1.165, 1.54) is 22.3 Å². The highest BCUT2D eigenvalue weighted by atomic mass is 32.1. The van der Waals surface area contributed by atoms with Crippen LogP contribution in [0.15, 0.2) is 24.4 Å². The van der Waals surface area contributed by atoms with Crippen LogP contribution in [0.5, 0.6) is 0 Å². The lowest BCUT2D eigenvalue weighted by molar-refractivity contribution is -0.387. The number of nitrogens with zero attached hydrogens (tertiary/aromatic N) is 3. The number of hydrogen-bond acceptors (Lipinski definition) is 5. The van der Waals surface area contributed by atoms with Crippen LogP contribution in [-0.2, 0) is 6.54 Å². The van der Waals surface area contributed by atoms with Gasteiger partial charge in [0.25, 0.3) is 5.91 Å². The Morgan fingerprint density at radius 2 is 2.24 bits per heavy atom. The first-order chi connectivity index (χ1) is 9.88. The quantitative estimate of drug-likeness (QED) is 0.643. The van der Waals surface area contributed by atoms with Gasteiger partial charge in [0, 0.05) is 29.8 Å². The van der Waals surface area contributed by atoms with E-state index in [0.717, 1.165) is 22.0 Å². The lowest BCUT2D eigenvalue weighted by atomic mass is 10.1. The molecule has 0 atom stereocenters. The number of amides is 1. The molecule has 110 valence electrons. The van der Waals surface area contributed by atoms with Gasteiger partial charge in [0.2, 0.25) is 5.82 Å². The third-order valence-corrected chi connectivity index (χ3v) is 3.70. The summed E-state index contributed by atoms with van der Waals surface area (Å²) in [5.41, 5.74) is -0.575. The van der Waals surface area contributed by atoms with Gasteiger partial charge in [0.05, 0.1) is 16.5 Å². The Balaban J connectivity index is 2.15. The SMILES string of the molecule is Cc1ncc(CN(C)C(=O)c2ccc([N+](=O)[O-])c(F)c2)s1. The number of nitro benzene ring substituents is 1. The summed E-state index contributed by atoms with van der Waals surface area (Å²) in [5, 5.41) is 11.4. The minimum Gasteiger partial charge on any atom is -0.337 e. The summed E-state index contributed by atoms with van der Waals surface area (Å²) >= 11 is 1.47. The summed E-state index contributed by atoms with van der Waals surface area (Å²) in [6.45, 7) is 2.21. The number of thiazole rings is 1. The standard InChI is InChI=1S/C13H12FN3O3S/c1-8-15-6-10(21-8)7-16(2)13(18)9-3-4-12(17(19)20)11(14)5-9/h3-6H,7H2,1-2H3. The third-order valence-electron chi connectivity index (χ3n) is 2.80. The smallest absolute Gasteiger partial charge is 0.304 e. The zero-order chi connectivity index (χ0) is 15.6. The van der Waals surface area contributed by atoms with Crippen LogP contribution < -0.4 is 0 Å². The molecule has 1 amide bonds. The monoisotopic (exact) mass is 309 g/mol. The first kappa shape index (κ1) is 15.0. The van der Waals surface area contributed by atoms with Crippen molar-refractivity contribution in [1.82, 2.24) is 9.88 Å². The largest absolute Gasteiger partial charge is 0.337 e. The average Bonchev–Trinajstić information content (AvgIpc) is 2.82. The molecule has 0 unspecified atom stereocenters. The highest BCUT2D eigenvalue weighted by Gasteiger charge is 2.19. The fourth-order valence-electron chi connectivity index (χ4n) is 1.79. The predicted octanol–water partition coefficient (Wildman–Crippen LogP) is 2.77. The van der Waals surface area contributed by atoms with Crippen LogP contribution in [0.3, 0.4) is 0 Å². The summed E-state index contributed by atoms with van der Waals surface area (Å²) in [6.07, 6.45) is 1.68. The van der Waals surface area contributed by atoms with Crippen molar-refractivity contribution in [2.75, 3.05) is 7.05 Å². The van der Waals surface area contributed by atoms with Gasteiger partial charge >= 0.3 is 5.69 Å². The molecule has 2 rings (SSSR count). The van der Waals surface area contributed by atoms with Gasteiger partial charge in [-0.05, 0) is 19.1 Å². The molecule has 1 aromatic heterocycles. The molecule has 0 fully saturated rings. The second-order valence-corrected chi connectivity index (χ2v) is 5.75. The topological polar surface area (TPSA) is 76.3 Å². The molecule has 0 saturated heterocycles. The Morgan fingerprint density at radius 1 is 1.52 bits per heavy atom. The molecule has 1 heterocycles. The maximum absolute atomic E-state index is 13.5. The van der Waals surface area contributed by atoms with Crippen molar-refractivity contribution in [3.8, 4) is 0 Å². The van der Waals surface area contributed by atoms with Gasteiger partial charge in [-0.2, -0.15) is 4.39 Å². The molecule has 0 N–H and O–H groups in total. The van der Waals surface area contributed by atoms with Crippen LogP contribution >= 0.6 is 11.3 Å². The second-order valence-electron chi connectivity index (χ2n) is 4.43. The van der Waals surface area contributed by atoms with E-state index >= 15 is 0 Å². The lowest BCUT2D eigenvalue weighted by Gasteiger charge is -2.16. The number of carbonyl (C=O) groups excluding carboxylic acids is 1. The van der Waals surface area contributed by atoms with Gasteiger partial charge in [-0.1, -0.05) is 0 Å². The number of benzene rings is 1. The van der Waals surface area contributed by atoms with Crippen LogP contribution in [0, 0.1) is 22.9 Å². The maximum atomic E-state index is 13.5. The van der Waals surface area contributed by atoms with Crippen LogP contribution in [0.2, 0.25) is 0 Å². The number of hydrogen-bond donors (Lipinski definition) is 0. The van der Waals surface area contributed by atoms with Crippen molar-refractivity contribution >= 4 is 22.9 Å². The summed E-state index contributed by atoms with van der Waals surface area (Å²) in [6, 6.07) is 3.13. The van der Waals surface area contributed by atoms with Gasteiger partial charge in [-0.15, -0.1) is 11.3 Å². The average molecular weight is 309 g/mol. The summed E-state index contributed by atoms with van der Waals surface area (Å²) < 4.78 is 13.5. The Morgan fingerprint density at radius 3 is 2.76 bits per heavy atom. The molecule has 0 aliphatic carbocycles. The predicted molar refractivity (Wildman–Crippen MR) is 75.7 cm³/mol. The van der Waals surface area contributed by atoms with Crippen molar-refractivity contribution in [1.29, 1.82) is 0 Å². The zero-order valence-corrected chi connectivity index (χ0v) is 12.2. The number of rotatable bonds is 4. The van der Waals surface area contributed by atoms with Crippen molar-refractivity contribution in [3.63, 3.8) is 0 Å². The van der Waals surface area contributed by atoms with E-state index in [-0.39, 0.29) is 5.56 Å². The van der Waals surface area contributed by atoms with Crippen molar-refractivity contribution in [2.24, 2.45) is 0 Å². The fourth-order valence-corrected chi connectivity index (χ4v) is 2.64. The molecule has 0 saturated carbocycles. The van der Waals surface area contributed by atoms with E-state index in [1.54, 1.807) is 13.2 Å². The van der Waals surface area contributed by atoms with Gasteiger partial charge in [-0.25, -0.2) is 4.98 Å². The molecule has 0 spiro atoms. The fraction of sp³-hybridized carbons (Fsp3) is 0.231. The van der Waals surface area contributed by atoms with Crippen LogP contribution in [0.4, 0.5) is 10.1 Å². The van der Waals surface area contributed by atoms with Crippen LogP contribution in [-0.4, -0.2) is 27.8 Å². The highest BCUT2D eigenvalue weighted by molar-refractivity contribution is 7.11. The van der Waals surface area contributed by atoms with Crippen molar-refractivity contribution in [2.45, 2.75) is 13.5 Å². The first-order valence-corrected chi connectivity index (χ1v) is 6.81. The third kappa shape index (κ3) is 3.40. The van der Waals surface area contributed by atoms with E-state index in [2.05, 4.69) is 4.98 Å². The minimum atomic E-state index is -1.02. The van der Waals surface area contributed by atoms with E-state index < -0.39 is 22.3 Å². The lowest BCUT2D eigenvalue weighted by Crippen LogP contribution is -2.25. The summed E-state index contributed by atoms with van der Waals surface area (Å²) in [7, 11) is 1.58. The van der Waals surface area contributed by atoms with Gasteiger partial charge in [-0.3, -0.25) is 14.9 Å². The highest BCUT2D eigenvalue weighted by Crippen LogP contribution is 2.20. The molecule has 21 heavy (non-hydrogen) atoms.